The molecule has 0 spiro atoms. The first-order valence-electron chi connectivity index (χ1n) is 10.5. The molecule has 0 aromatic heterocycles. The molecule has 1 aromatic rings. The third-order valence-corrected chi connectivity index (χ3v) is 4.79. The van der Waals surface area contributed by atoms with Gasteiger partial charge in [-0.1, -0.05) is 12.1 Å². The van der Waals surface area contributed by atoms with Crippen molar-refractivity contribution < 1.29 is 23.8 Å². The fraction of sp³-hybridized carbons (Fsp3) is 0.375. The molecule has 1 unspecified atom stereocenters. The van der Waals surface area contributed by atoms with E-state index in [1.54, 1.807) is 64.1 Å². The molecule has 0 bridgehead atoms. The molecule has 0 fully saturated rings. The highest BCUT2D eigenvalue weighted by Gasteiger charge is 2.38. The van der Waals surface area contributed by atoms with Crippen LogP contribution in [0.5, 0.6) is 0 Å². The minimum atomic E-state index is -0.792. The van der Waals surface area contributed by atoms with Gasteiger partial charge < -0.3 is 19.5 Å². The summed E-state index contributed by atoms with van der Waals surface area (Å²) in [4.78, 5) is 26.2. The smallest absolute Gasteiger partial charge is 0.337 e. The summed E-state index contributed by atoms with van der Waals surface area (Å²) in [5, 5.41) is 24.6. The molecule has 0 aliphatic carbocycles. The fourth-order valence-corrected chi connectivity index (χ4v) is 3.42. The number of benzene rings is 1. The number of allylic oxidation sites excluding steroid dienone is 2. The maximum atomic E-state index is 13.1. The molecule has 178 valence electrons. The van der Waals surface area contributed by atoms with Crippen LogP contribution in [0.15, 0.2) is 51.9 Å². The van der Waals surface area contributed by atoms with E-state index in [1.165, 1.54) is 7.11 Å². The van der Waals surface area contributed by atoms with Crippen molar-refractivity contribution in [1.29, 1.82) is 10.5 Å². The Bertz CT molecular complexity index is 1110. The quantitative estimate of drug-likeness (QED) is 0.243. The number of hydrazone groups is 1. The molecule has 10 heteroatoms. The van der Waals surface area contributed by atoms with Crippen LogP contribution in [0.4, 0.5) is 5.69 Å². The van der Waals surface area contributed by atoms with Crippen LogP contribution in [-0.2, 0) is 23.8 Å². The number of rotatable bonds is 9. The van der Waals surface area contributed by atoms with Crippen LogP contribution in [0.2, 0.25) is 0 Å². The average Bonchev–Trinajstić information content (AvgIpc) is 2.79. The largest absolute Gasteiger partial charge is 0.460 e. The zero-order valence-corrected chi connectivity index (χ0v) is 19.8. The second-order valence-electron chi connectivity index (χ2n) is 7.64. The van der Waals surface area contributed by atoms with Crippen molar-refractivity contribution in [2.24, 2.45) is 5.10 Å². The molecule has 0 radical (unpaired) electrons. The fourth-order valence-electron chi connectivity index (χ4n) is 3.42. The Morgan fingerprint density at radius 1 is 1.12 bits per heavy atom. The number of nitriles is 2. The van der Waals surface area contributed by atoms with Gasteiger partial charge in [-0.3, -0.25) is 5.43 Å². The highest BCUT2D eigenvalue weighted by Crippen LogP contribution is 2.40. The first kappa shape index (κ1) is 26.1. The van der Waals surface area contributed by atoms with Crippen molar-refractivity contribution in [3.63, 3.8) is 0 Å². The van der Waals surface area contributed by atoms with E-state index in [0.29, 0.717) is 22.6 Å². The van der Waals surface area contributed by atoms with Gasteiger partial charge >= 0.3 is 11.9 Å². The molecule has 34 heavy (non-hydrogen) atoms. The summed E-state index contributed by atoms with van der Waals surface area (Å²) in [5.74, 6) is -1.95. The number of hydrogen-bond acceptors (Lipinski definition) is 10. The minimum Gasteiger partial charge on any atom is -0.460 e. The van der Waals surface area contributed by atoms with Crippen molar-refractivity contribution >= 4 is 23.3 Å². The number of carbonyl (C=O) groups excluding carboxylic acids is 2. The maximum absolute atomic E-state index is 13.1. The Balaban J connectivity index is 2.58. The Hall–Kier alpha value is -4.15. The monoisotopic (exact) mass is 465 g/mol. The van der Waals surface area contributed by atoms with Crippen LogP contribution in [-0.4, -0.2) is 44.1 Å². The van der Waals surface area contributed by atoms with Crippen molar-refractivity contribution in [2.45, 2.75) is 39.7 Å². The van der Waals surface area contributed by atoms with E-state index in [0.717, 1.165) is 0 Å². The molecule has 1 atom stereocenters. The molecule has 0 amide bonds. The predicted octanol–water partition coefficient (Wildman–Crippen LogP) is 2.88. The zero-order valence-electron chi connectivity index (χ0n) is 19.8. The highest BCUT2D eigenvalue weighted by atomic mass is 16.6. The molecule has 1 aliphatic heterocycles. The molecule has 0 saturated carbocycles. The third-order valence-electron chi connectivity index (χ3n) is 4.79. The molecule has 0 saturated heterocycles. The van der Waals surface area contributed by atoms with E-state index in [4.69, 9.17) is 24.7 Å². The van der Waals surface area contributed by atoms with Crippen molar-refractivity contribution in [1.82, 2.24) is 5.32 Å². The number of ether oxygens (including phenoxy) is 3. The van der Waals surface area contributed by atoms with Gasteiger partial charge in [0, 0.05) is 18.5 Å². The maximum Gasteiger partial charge on any atom is 0.337 e. The molecule has 1 aliphatic rings. The second-order valence-corrected chi connectivity index (χ2v) is 7.64. The predicted molar refractivity (Wildman–Crippen MR) is 124 cm³/mol. The number of nitrogens with one attached hydrogen (secondary N) is 2. The Morgan fingerprint density at radius 3 is 2.35 bits per heavy atom. The lowest BCUT2D eigenvalue weighted by molar-refractivity contribution is -0.143. The first-order chi connectivity index (χ1) is 16.2. The molecule has 2 rings (SSSR count). The van der Waals surface area contributed by atoms with Crippen molar-refractivity contribution in [3.05, 3.63) is 52.4 Å². The van der Waals surface area contributed by atoms with Crippen molar-refractivity contribution in [2.75, 3.05) is 25.7 Å². The van der Waals surface area contributed by atoms with Gasteiger partial charge in [-0.15, -0.1) is 0 Å². The Kier molecular flexibility index (Phi) is 9.36. The van der Waals surface area contributed by atoms with E-state index in [9.17, 15) is 9.59 Å². The third kappa shape index (κ3) is 6.44. The topological polar surface area (TPSA) is 146 Å². The van der Waals surface area contributed by atoms with E-state index in [-0.39, 0.29) is 36.2 Å². The lowest BCUT2D eigenvalue weighted by Gasteiger charge is -2.31. The van der Waals surface area contributed by atoms with Gasteiger partial charge in [-0.05, 0) is 45.4 Å². The van der Waals surface area contributed by atoms with Crippen LogP contribution in [0.1, 0.15) is 39.2 Å². The number of nitrogens with zero attached hydrogens (tertiary/aromatic N) is 3. The number of carbonyl (C=O) groups is 2. The summed E-state index contributed by atoms with van der Waals surface area (Å²) in [7, 11) is 1.50. The van der Waals surface area contributed by atoms with Crippen molar-refractivity contribution in [3.8, 4) is 12.1 Å². The Labute approximate surface area is 198 Å². The van der Waals surface area contributed by atoms with Crippen LogP contribution in [0.3, 0.4) is 0 Å². The summed E-state index contributed by atoms with van der Waals surface area (Å²) >= 11 is 0. The average molecular weight is 466 g/mol. The summed E-state index contributed by atoms with van der Waals surface area (Å²) in [5.41, 5.74) is 4.98. The number of anilines is 1. The zero-order chi connectivity index (χ0) is 25.3. The SMILES string of the molecule is COCCOC(=O)C1=C(C)NC(C)=C(C(=O)OC(C)C)C1c1cccc(NN=C(C#N)C#N)c1. The number of methoxy groups -OCH3 is 1. The van der Waals surface area contributed by atoms with Crippen LogP contribution in [0, 0.1) is 22.7 Å². The summed E-state index contributed by atoms with van der Waals surface area (Å²) in [6.45, 7) is 7.22. The van der Waals surface area contributed by atoms with Gasteiger partial charge in [0.05, 0.1) is 35.5 Å². The first-order valence-corrected chi connectivity index (χ1v) is 10.5. The highest BCUT2D eigenvalue weighted by molar-refractivity contribution is 6.10. The normalized spacial score (nSPS) is 15.1. The van der Waals surface area contributed by atoms with E-state index in [2.05, 4.69) is 15.8 Å². The second kappa shape index (κ2) is 12.2. The molecular formula is C24H27N5O5. The molecule has 1 heterocycles. The lowest BCUT2D eigenvalue weighted by Crippen LogP contribution is -2.33. The van der Waals surface area contributed by atoms with Gasteiger partial charge in [0.2, 0.25) is 5.71 Å². The molecule has 2 N–H and O–H groups in total. The molecule has 10 nitrogen and oxygen atoms in total. The van der Waals surface area contributed by atoms with Gasteiger partial charge in [-0.25, -0.2) is 9.59 Å². The Morgan fingerprint density at radius 2 is 1.76 bits per heavy atom. The van der Waals surface area contributed by atoms with Gasteiger partial charge in [0.25, 0.3) is 0 Å². The summed E-state index contributed by atoms with van der Waals surface area (Å²) < 4.78 is 15.8. The standard InChI is InChI=1S/C24H27N5O5/c1-14(2)34-24(31)21-16(4)27-15(3)20(23(30)33-10-9-32-5)22(21)17-7-6-8-18(11-17)28-29-19(12-25)13-26/h6-8,11,14,22,27-28H,9-10H2,1-5H3. The molecular weight excluding hydrogens is 438 g/mol. The minimum absolute atomic E-state index is 0.0503. The number of dihydropyridines is 1. The van der Waals surface area contributed by atoms with E-state index >= 15 is 0 Å². The lowest BCUT2D eigenvalue weighted by atomic mass is 9.80. The van der Waals surface area contributed by atoms with Gasteiger partial charge in [0.15, 0.2) is 0 Å². The van der Waals surface area contributed by atoms with Gasteiger partial charge in [-0.2, -0.15) is 15.6 Å². The molecule has 1 aromatic carbocycles. The van der Waals surface area contributed by atoms with E-state index < -0.39 is 17.9 Å². The van der Waals surface area contributed by atoms with E-state index in [1.807, 2.05) is 0 Å². The summed E-state index contributed by atoms with van der Waals surface area (Å²) in [6.07, 6.45) is -0.365. The van der Waals surface area contributed by atoms with Crippen LogP contribution < -0.4 is 10.7 Å². The van der Waals surface area contributed by atoms with Crippen LogP contribution >= 0.6 is 0 Å². The van der Waals surface area contributed by atoms with Crippen LogP contribution in [0.25, 0.3) is 0 Å². The summed E-state index contributed by atoms with van der Waals surface area (Å²) in [6, 6.07) is 10.2. The number of esters is 2. The van der Waals surface area contributed by atoms with Gasteiger partial charge in [0.1, 0.15) is 18.7 Å². The number of hydrogen-bond donors (Lipinski definition) is 2.